The van der Waals surface area contributed by atoms with Gasteiger partial charge in [0.25, 0.3) is 0 Å². The molecule has 0 aliphatic rings. The Morgan fingerprint density at radius 3 is 1.45 bits per heavy atom. The monoisotopic (exact) mass is 552 g/mol. The maximum atomic E-state index is 9.31. The molecule has 8 rings (SSSR count). The Kier molecular flexibility index (Phi) is 5.82. The van der Waals surface area contributed by atoms with Gasteiger partial charge in [-0.2, -0.15) is 10.5 Å². The number of aromatic amines is 2. The first kappa shape index (κ1) is 24.4. The summed E-state index contributed by atoms with van der Waals surface area (Å²) in [6.07, 6.45) is 0. The van der Waals surface area contributed by atoms with E-state index in [4.69, 9.17) is 0 Å². The van der Waals surface area contributed by atoms with Crippen LogP contribution in [0.1, 0.15) is 36.8 Å². The summed E-state index contributed by atoms with van der Waals surface area (Å²) >= 11 is 3.32. The van der Waals surface area contributed by atoms with Gasteiger partial charge in [-0.25, -0.2) is 0 Å². The molecule has 4 nitrogen and oxygen atoms in total. The predicted octanol–water partition coefficient (Wildman–Crippen LogP) is 10.3. The number of fused-ring (bicyclic) bond motifs is 8. The standard InChI is InChI=1S/C18H12N2.C16H12N2S2/c1-3-7-15-11(5-1)13-9-14-12-6-2-4-8-16(12)20-18(14)10-17(13)19-15;1-9(7-17)13-11-3-5-20-16(11)14(10(2)8-18)12-4-6-19-15(12)13/h1-10,19-20H;3-6,9-10H,1-2H3. The van der Waals surface area contributed by atoms with Crippen LogP contribution in [-0.4, -0.2) is 9.97 Å². The molecule has 0 aliphatic heterocycles. The SMILES string of the molecule is CC(C#N)c1c2ccsc2c(C(C)C#N)c2ccsc12.c1ccc2c(c1)[nH]c1cc3[nH]c4ccccc4c3cc12. The van der Waals surface area contributed by atoms with E-state index < -0.39 is 0 Å². The van der Waals surface area contributed by atoms with Gasteiger partial charge in [0.2, 0.25) is 0 Å². The highest BCUT2D eigenvalue weighted by Gasteiger charge is 2.22. The number of nitrogens with one attached hydrogen (secondary N) is 2. The second-order valence-corrected chi connectivity index (χ2v) is 12.0. The number of rotatable bonds is 2. The molecule has 0 spiro atoms. The molecule has 4 aromatic heterocycles. The highest BCUT2D eigenvalue weighted by molar-refractivity contribution is 7.19. The fourth-order valence-corrected chi connectivity index (χ4v) is 8.01. The van der Waals surface area contributed by atoms with Crippen LogP contribution in [0.4, 0.5) is 0 Å². The third kappa shape index (κ3) is 3.69. The lowest BCUT2D eigenvalue weighted by Gasteiger charge is -2.13. The van der Waals surface area contributed by atoms with E-state index in [0.717, 1.165) is 31.3 Å². The molecule has 2 N–H and O–H groups in total. The number of benzene rings is 4. The molecule has 0 saturated heterocycles. The van der Waals surface area contributed by atoms with Crippen LogP contribution >= 0.6 is 22.7 Å². The van der Waals surface area contributed by atoms with Gasteiger partial charge in [-0.15, -0.1) is 22.7 Å². The number of aromatic nitrogens is 2. The Balaban J connectivity index is 0.000000132. The molecule has 0 aliphatic carbocycles. The van der Waals surface area contributed by atoms with Crippen LogP contribution in [0.3, 0.4) is 0 Å². The summed E-state index contributed by atoms with van der Waals surface area (Å²) in [5.41, 5.74) is 6.99. The molecule has 4 heterocycles. The minimum atomic E-state index is -0.139. The Morgan fingerprint density at radius 2 is 1.00 bits per heavy atom. The van der Waals surface area contributed by atoms with Crippen LogP contribution in [0.15, 0.2) is 83.6 Å². The number of hydrogen-bond acceptors (Lipinski definition) is 4. The van der Waals surface area contributed by atoms with Crippen molar-refractivity contribution in [3.63, 3.8) is 0 Å². The lowest BCUT2D eigenvalue weighted by Crippen LogP contribution is -1.96. The van der Waals surface area contributed by atoms with E-state index in [-0.39, 0.29) is 11.8 Å². The summed E-state index contributed by atoms with van der Waals surface area (Å²) in [4.78, 5) is 6.99. The van der Waals surface area contributed by atoms with Gasteiger partial charge >= 0.3 is 0 Å². The lowest BCUT2D eigenvalue weighted by atomic mass is 9.90. The van der Waals surface area contributed by atoms with Crippen LogP contribution in [0, 0.1) is 22.7 Å². The number of nitrogens with zero attached hydrogens (tertiary/aromatic N) is 2. The number of hydrogen-bond donors (Lipinski definition) is 2. The van der Waals surface area contributed by atoms with E-state index in [1.165, 1.54) is 43.6 Å². The van der Waals surface area contributed by atoms with Crippen LogP contribution in [0.25, 0.3) is 63.8 Å². The predicted molar refractivity (Wildman–Crippen MR) is 170 cm³/mol. The van der Waals surface area contributed by atoms with Crippen LogP contribution in [0.5, 0.6) is 0 Å². The normalized spacial score (nSPS) is 13.0. The summed E-state index contributed by atoms with van der Waals surface area (Å²) in [6, 6.07) is 30.3. The average molecular weight is 553 g/mol. The van der Waals surface area contributed by atoms with Gasteiger partial charge in [0.1, 0.15) is 0 Å². The van der Waals surface area contributed by atoms with Gasteiger partial charge in [0, 0.05) is 53.0 Å². The topological polar surface area (TPSA) is 79.2 Å². The minimum Gasteiger partial charge on any atom is -0.354 e. The van der Waals surface area contributed by atoms with Crippen molar-refractivity contribution in [1.82, 2.24) is 9.97 Å². The van der Waals surface area contributed by atoms with Crippen LogP contribution in [0.2, 0.25) is 0 Å². The molecule has 0 bridgehead atoms. The Bertz CT molecular complexity index is 2090. The van der Waals surface area contributed by atoms with Gasteiger partial charge in [0.05, 0.1) is 24.0 Å². The lowest BCUT2D eigenvalue weighted by molar-refractivity contribution is 0.995. The Labute approximate surface area is 238 Å². The highest BCUT2D eigenvalue weighted by atomic mass is 32.1. The number of H-pyrrole nitrogens is 2. The first-order valence-electron chi connectivity index (χ1n) is 13.2. The second kappa shape index (κ2) is 9.54. The third-order valence-corrected chi connectivity index (χ3v) is 9.68. The van der Waals surface area contributed by atoms with Crippen molar-refractivity contribution >= 4 is 86.5 Å². The molecular formula is C34H24N4S2. The molecule has 0 radical (unpaired) electrons. The van der Waals surface area contributed by atoms with Crippen molar-refractivity contribution in [3.8, 4) is 12.1 Å². The molecule has 0 saturated carbocycles. The highest BCUT2D eigenvalue weighted by Crippen LogP contribution is 2.44. The molecule has 192 valence electrons. The smallest absolute Gasteiger partial charge is 0.0705 e. The van der Waals surface area contributed by atoms with Gasteiger partial charge in [0.15, 0.2) is 0 Å². The van der Waals surface area contributed by atoms with E-state index in [0.29, 0.717) is 0 Å². The molecule has 40 heavy (non-hydrogen) atoms. The van der Waals surface area contributed by atoms with Crippen molar-refractivity contribution in [1.29, 1.82) is 10.5 Å². The third-order valence-electron chi connectivity index (χ3n) is 7.78. The summed E-state index contributed by atoms with van der Waals surface area (Å²) in [5.74, 6) is -0.278. The Morgan fingerprint density at radius 1 is 0.550 bits per heavy atom. The van der Waals surface area contributed by atoms with Crippen molar-refractivity contribution in [3.05, 3.63) is 94.7 Å². The molecule has 0 fully saturated rings. The van der Waals surface area contributed by atoms with E-state index in [1.807, 2.05) is 13.8 Å². The first-order chi connectivity index (χ1) is 19.6. The van der Waals surface area contributed by atoms with Crippen molar-refractivity contribution in [2.45, 2.75) is 25.7 Å². The maximum Gasteiger partial charge on any atom is 0.0705 e. The number of thiophene rings is 2. The molecule has 2 unspecified atom stereocenters. The van der Waals surface area contributed by atoms with E-state index in [9.17, 15) is 10.5 Å². The first-order valence-corrected chi connectivity index (χ1v) is 14.9. The van der Waals surface area contributed by atoms with Crippen molar-refractivity contribution in [2.24, 2.45) is 0 Å². The minimum absolute atomic E-state index is 0.139. The zero-order valence-electron chi connectivity index (χ0n) is 21.9. The zero-order chi connectivity index (χ0) is 27.4. The Hall–Kier alpha value is -4.62. The zero-order valence-corrected chi connectivity index (χ0v) is 23.6. The fourth-order valence-electron chi connectivity index (χ4n) is 5.89. The number of nitriles is 2. The van der Waals surface area contributed by atoms with E-state index in [1.54, 1.807) is 22.7 Å². The van der Waals surface area contributed by atoms with E-state index in [2.05, 4.69) is 106 Å². The van der Waals surface area contributed by atoms with Crippen LogP contribution < -0.4 is 0 Å². The van der Waals surface area contributed by atoms with Gasteiger partial charge in [-0.05, 0) is 82.9 Å². The molecular weight excluding hydrogens is 529 g/mol. The molecule has 2 atom stereocenters. The summed E-state index contributed by atoms with van der Waals surface area (Å²) in [5, 5.41) is 30.2. The van der Waals surface area contributed by atoms with Gasteiger partial charge in [-0.1, -0.05) is 36.4 Å². The second-order valence-electron chi connectivity index (χ2n) is 10.1. The maximum absolute atomic E-state index is 9.31. The van der Waals surface area contributed by atoms with E-state index >= 15 is 0 Å². The summed E-state index contributed by atoms with van der Waals surface area (Å²) in [6.45, 7) is 3.89. The molecule has 0 amide bonds. The molecule has 4 aromatic carbocycles. The molecule has 6 heteroatoms. The quantitative estimate of drug-likeness (QED) is 0.224. The fraction of sp³-hybridized carbons (Fsp3) is 0.118. The van der Waals surface area contributed by atoms with Gasteiger partial charge < -0.3 is 9.97 Å². The average Bonchev–Trinajstić information content (AvgIpc) is 3.78. The molecule has 8 aromatic rings. The largest absolute Gasteiger partial charge is 0.354 e. The van der Waals surface area contributed by atoms with Gasteiger partial charge in [-0.3, -0.25) is 0 Å². The van der Waals surface area contributed by atoms with Crippen molar-refractivity contribution in [2.75, 3.05) is 0 Å². The summed E-state index contributed by atoms with van der Waals surface area (Å²) < 4.78 is 2.31. The van der Waals surface area contributed by atoms with Crippen molar-refractivity contribution < 1.29 is 0 Å². The van der Waals surface area contributed by atoms with Crippen LogP contribution in [-0.2, 0) is 0 Å². The summed E-state index contributed by atoms with van der Waals surface area (Å²) in [7, 11) is 0. The number of para-hydroxylation sites is 2.